The van der Waals surface area contributed by atoms with Crippen LogP contribution in [0.4, 0.5) is 11.8 Å². The van der Waals surface area contributed by atoms with Crippen LogP contribution in [0.5, 0.6) is 0 Å². The molecule has 0 aliphatic carbocycles. The first-order chi connectivity index (χ1) is 12.2. The van der Waals surface area contributed by atoms with Gasteiger partial charge >= 0.3 is 0 Å². The van der Waals surface area contributed by atoms with Crippen LogP contribution >= 0.6 is 0 Å². The minimum Gasteiger partial charge on any atom is -0.354 e. The highest BCUT2D eigenvalue weighted by atomic mass is 15.3. The first-order valence-corrected chi connectivity index (χ1v) is 9.05. The molecule has 0 radical (unpaired) electrons. The fourth-order valence-electron chi connectivity index (χ4n) is 3.06. The Balaban J connectivity index is 1.71. The van der Waals surface area contributed by atoms with E-state index in [-0.39, 0.29) is 0 Å². The molecule has 134 valence electrons. The van der Waals surface area contributed by atoms with E-state index in [4.69, 9.17) is 0 Å². The lowest BCUT2D eigenvalue weighted by Crippen LogP contribution is -2.45. The number of nitrogens with one attached hydrogen (secondary N) is 1. The van der Waals surface area contributed by atoms with Gasteiger partial charge in [0, 0.05) is 44.5 Å². The Labute approximate surface area is 149 Å². The zero-order chi connectivity index (χ0) is 17.6. The molecule has 0 unspecified atom stereocenters. The van der Waals surface area contributed by atoms with Crippen molar-refractivity contribution in [3.05, 3.63) is 35.3 Å². The molecule has 2 aromatic heterocycles. The van der Waals surface area contributed by atoms with Gasteiger partial charge in [-0.25, -0.2) is 9.97 Å². The molecular weight excluding hydrogens is 314 g/mol. The van der Waals surface area contributed by atoms with Gasteiger partial charge in [0.25, 0.3) is 0 Å². The van der Waals surface area contributed by atoms with Gasteiger partial charge in [-0.2, -0.15) is 5.10 Å². The maximum atomic E-state index is 4.61. The predicted octanol–water partition coefficient (Wildman–Crippen LogP) is 1.76. The highest BCUT2D eigenvalue weighted by molar-refractivity contribution is 5.48. The van der Waals surface area contributed by atoms with Gasteiger partial charge in [-0.05, 0) is 26.0 Å². The summed E-state index contributed by atoms with van der Waals surface area (Å²) in [5, 5.41) is 11.8. The molecule has 0 saturated carbocycles. The second-order valence-electron chi connectivity index (χ2n) is 6.37. The zero-order valence-corrected chi connectivity index (χ0v) is 15.4. The molecule has 3 rings (SSSR count). The van der Waals surface area contributed by atoms with E-state index in [9.17, 15) is 0 Å². The number of likely N-dealkylation sites (N-methyl/N-ethyl adjacent to an activating group) is 1. The predicted molar refractivity (Wildman–Crippen MR) is 99.9 cm³/mol. The van der Waals surface area contributed by atoms with Gasteiger partial charge in [0.1, 0.15) is 5.82 Å². The molecule has 1 N–H and O–H groups in total. The Morgan fingerprint density at radius 3 is 2.52 bits per heavy atom. The lowest BCUT2D eigenvalue weighted by molar-refractivity contribution is 0.312. The van der Waals surface area contributed by atoms with E-state index in [1.807, 2.05) is 12.3 Å². The van der Waals surface area contributed by atoms with Crippen LogP contribution in [-0.4, -0.2) is 58.3 Å². The SMILES string of the molecule is CCc1nnc(NCc2cccnc2N2CCN(C)CC2)nc1CC. The van der Waals surface area contributed by atoms with Crippen molar-refractivity contribution in [2.75, 3.05) is 43.4 Å². The zero-order valence-electron chi connectivity index (χ0n) is 15.4. The molecule has 1 saturated heterocycles. The van der Waals surface area contributed by atoms with Crippen LogP contribution in [0.3, 0.4) is 0 Å². The van der Waals surface area contributed by atoms with E-state index in [0.29, 0.717) is 12.5 Å². The van der Waals surface area contributed by atoms with Crippen LogP contribution in [0, 0.1) is 0 Å². The molecule has 7 nitrogen and oxygen atoms in total. The number of piperazine rings is 1. The van der Waals surface area contributed by atoms with Crippen LogP contribution in [0.25, 0.3) is 0 Å². The molecule has 1 fully saturated rings. The Morgan fingerprint density at radius 1 is 1.04 bits per heavy atom. The Morgan fingerprint density at radius 2 is 1.80 bits per heavy atom. The maximum absolute atomic E-state index is 4.61. The smallest absolute Gasteiger partial charge is 0.243 e. The molecule has 3 heterocycles. The fraction of sp³-hybridized carbons (Fsp3) is 0.556. The average molecular weight is 341 g/mol. The van der Waals surface area contributed by atoms with Crippen molar-refractivity contribution in [3.8, 4) is 0 Å². The highest BCUT2D eigenvalue weighted by Gasteiger charge is 2.18. The quantitative estimate of drug-likeness (QED) is 0.858. The van der Waals surface area contributed by atoms with Crippen LogP contribution in [-0.2, 0) is 19.4 Å². The summed E-state index contributed by atoms with van der Waals surface area (Å²) in [5.41, 5.74) is 3.16. The van der Waals surface area contributed by atoms with Gasteiger partial charge in [0.2, 0.25) is 5.95 Å². The molecule has 1 aliphatic heterocycles. The van der Waals surface area contributed by atoms with Crippen molar-refractivity contribution in [1.29, 1.82) is 0 Å². The minimum atomic E-state index is 0.585. The monoisotopic (exact) mass is 341 g/mol. The summed E-state index contributed by atoms with van der Waals surface area (Å²) in [6, 6.07) is 4.09. The molecule has 2 aromatic rings. The Bertz CT molecular complexity index is 696. The summed E-state index contributed by atoms with van der Waals surface area (Å²) in [6.45, 7) is 8.96. The van der Waals surface area contributed by atoms with E-state index in [1.165, 1.54) is 0 Å². The molecule has 0 aromatic carbocycles. The number of anilines is 2. The van der Waals surface area contributed by atoms with Gasteiger partial charge < -0.3 is 15.1 Å². The van der Waals surface area contributed by atoms with E-state index >= 15 is 0 Å². The van der Waals surface area contributed by atoms with Crippen molar-refractivity contribution < 1.29 is 0 Å². The number of pyridine rings is 1. The molecule has 0 spiro atoms. The summed E-state index contributed by atoms with van der Waals surface area (Å²) in [7, 11) is 2.16. The third kappa shape index (κ3) is 4.22. The fourth-order valence-corrected chi connectivity index (χ4v) is 3.06. The largest absolute Gasteiger partial charge is 0.354 e. The van der Waals surface area contributed by atoms with Crippen LogP contribution < -0.4 is 10.2 Å². The normalized spacial score (nSPS) is 15.4. The van der Waals surface area contributed by atoms with Crippen molar-refractivity contribution in [3.63, 3.8) is 0 Å². The van der Waals surface area contributed by atoms with Crippen molar-refractivity contribution >= 4 is 11.8 Å². The Kier molecular flexibility index (Phi) is 5.75. The molecular formula is C18H27N7. The summed E-state index contributed by atoms with van der Waals surface area (Å²) in [4.78, 5) is 13.9. The van der Waals surface area contributed by atoms with Gasteiger partial charge in [0.05, 0.1) is 11.4 Å². The van der Waals surface area contributed by atoms with Crippen LogP contribution in [0.1, 0.15) is 30.8 Å². The summed E-state index contributed by atoms with van der Waals surface area (Å²) >= 11 is 0. The van der Waals surface area contributed by atoms with Crippen molar-refractivity contribution in [1.82, 2.24) is 25.1 Å². The highest BCUT2D eigenvalue weighted by Crippen LogP contribution is 2.19. The lowest BCUT2D eigenvalue weighted by Gasteiger charge is -2.34. The number of aryl methyl sites for hydroxylation is 2. The standard InChI is InChI=1S/C18H27N7/c1-4-15-16(5-2)22-23-18(21-15)20-13-14-7-6-8-19-17(14)25-11-9-24(3)10-12-25/h6-8H,4-5,9-13H2,1-3H3,(H,20,21,23). The first kappa shape index (κ1) is 17.5. The third-order valence-corrected chi connectivity index (χ3v) is 4.62. The second kappa shape index (κ2) is 8.20. The molecule has 0 bridgehead atoms. The van der Waals surface area contributed by atoms with E-state index < -0.39 is 0 Å². The molecule has 0 amide bonds. The first-order valence-electron chi connectivity index (χ1n) is 9.05. The van der Waals surface area contributed by atoms with E-state index in [2.05, 4.69) is 62.2 Å². The summed E-state index contributed by atoms with van der Waals surface area (Å²) in [5.74, 6) is 1.64. The lowest BCUT2D eigenvalue weighted by atomic mass is 10.2. The number of aromatic nitrogens is 4. The van der Waals surface area contributed by atoms with Gasteiger partial charge in [0.15, 0.2) is 0 Å². The van der Waals surface area contributed by atoms with Gasteiger partial charge in [-0.3, -0.25) is 0 Å². The Hall–Kier alpha value is -2.28. The number of hydrogen-bond donors (Lipinski definition) is 1. The van der Waals surface area contributed by atoms with Crippen LogP contribution in [0.2, 0.25) is 0 Å². The molecule has 1 aliphatic rings. The number of nitrogens with zero attached hydrogens (tertiary/aromatic N) is 6. The average Bonchev–Trinajstić information content (AvgIpc) is 2.67. The molecule has 0 atom stereocenters. The molecule has 25 heavy (non-hydrogen) atoms. The van der Waals surface area contributed by atoms with E-state index in [0.717, 1.165) is 61.8 Å². The van der Waals surface area contributed by atoms with Gasteiger partial charge in [-0.15, -0.1) is 5.10 Å². The summed E-state index contributed by atoms with van der Waals surface area (Å²) in [6.07, 6.45) is 3.59. The maximum Gasteiger partial charge on any atom is 0.243 e. The topological polar surface area (TPSA) is 70.1 Å². The van der Waals surface area contributed by atoms with Crippen LogP contribution in [0.15, 0.2) is 18.3 Å². The molecule has 7 heteroatoms. The van der Waals surface area contributed by atoms with Gasteiger partial charge in [-0.1, -0.05) is 19.9 Å². The number of rotatable bonds is 6. The third-order valence-electron chi connectivity index (χ3n) is 4.62. The summed E-state index contributed by atoms with van der Waals surface area (Å²) < 4.78 is 0. The van der Waals surface area contributed by atoms with E-state index in [1.54, 1.807) is 0 Å². The van der Waals surface area contributed by atoms with Crippen molar-refractivity contribution in [2.24, 2.45) is 0 Å². The van der Waals surface area contributed by atoms with Crippen molar-refractivity contribution in [2.45, 2.75) is 33.2 Å². The minimum absolute atomic E-state index is 0.585. The second-order valence-corrected chi connectivity index (χ2v) is 6.37. The number of hydrogen-bond acceptors (Lipinski definition) is 7.